The number of rotatable bonds is 3. The Labute approximate surface area is 106 Å². The first kappa shape index (κ1) is 13.1. The van der Waals surface area contributed by atoms with E-state index in [2.05, 4.69) is 13.8 Å². The molecule has 0 aliphatic heterocycles. The second-order valence-electron chi connectivity index (χ2n) is 3.99. The zero-order chi connectivity index (χ0) is 11.6. The third kappa shape index (κ3) is 3.25. The number of hydrogen-bond acceptors (Lipinski definition) is 1. The van der Waals surface area contributed by atoms with Gasteiger partial charge in [0.1, 0.15) is 0 Å². The highest BCUT2D eigenvalue weighted by Gasteiger charge is 2.17. The third-order valence-electron chi connectivity index (χ3n) is 2.18. The Morgan fingerprint density at radius 3 is 2.20 bits per heavy atom. The fourth-order valence-electron chi connectivity index (χ4n) is 1.51. The number of hydrogen-bond donors (Lipinski definition) is 1. The minimum absolute atomic E-state index is 0.163. The normalized spacial score (nSPS) is 13.3. The van der Waals surface area contributed by atoms with E-state index in [9.17, 15) is 0 Å². The first-order chi connectivity index (χ1) is 6.93. The topological polar surface area (TPSA) is 26.0 Å². The first-order valence-corrected chi connectivity index (χ1v) is 5.95. The van der Waals surface area contributed by atoms with Gasteiger partial charge in [0, 0.05) is 16.6 Å². The van der Waals surface area contributed by atoms with Gasteiger partial charge in [-0.05, 0) is 24.5 Å². The molecule has 1 nitrogen and oxygen atoms in total. The molecule has 0 heterocycles. The summed E-state index contributed by atoms with van der Waals surface area (Å²) in [5.41, 5.74) is 6.79. The second-order valence-corrected chi connectivity index (χ2v) is 5.19. The van der Waals surface area contributed by atoms with Crippen LogP contribution in [0.3, 0.4) is 0 Å². The Balaban J connectivity index is 3.07. The molecule has 0 fully saturated rings. The molecule has 0 unspecified atom stereocenters. The van der Waals surface area contributed by atoms with Gasteiger partial charge in [0.05, 0.1) is 10.0 Å². The molecule has 0 radical (unpaired) electrons. The van der Waals surface area contributed by atoms with Crippen molar-refractivity contribution in [3.63, 3.8) is 0 Å². The molecule has 1 aromatic carbocycles. The zero-order valence-corrected chi connectivity index (χ0v) is 11.0. The van der Waals surface area contributed by atoms with E-state index in [1.54, 1.807) is 12.1 Å². The van der Waals surface area contributed by atoms with E-state index in [0.717, 1.165) is 12.0 Å². The predicted molar refractivity (Wildman–Crippen MR) is 67.9 cm³/mol. The van der Waals surface area contributed by atoms with Crippen molar-refractivity contribution in [2.75, 3.05) is 0 Å². The summed E-state index contributed by atoms with van der Waals surface area (Å²) >= 11 is 18.1. The number of nitrogens with two attached hydrogens (primary N) is 1. The van der Waals surface area contributed by atoms with Crippen molar-refractivity contribution < 1.29 is 0 Å². The van der Waals surface area contributed by atoms with Crippen molar-refractivity contribution in [3.05, 3.63) is 32.8 Å². The maximum Gasteiger partial charge on any atom is 0.0654 e. The molecule has 1 aromatic rings. The summed E-state index contributed by atoms with van der Waals surface area (Å²) in [5.74, 6) is 0.492. The fraction of sp³-hybridized carbons (Fsp3) is 0.455. The maximum atomic E-state index is 6.08. The van der Waals surface area contributed by atoms with Crippen molar-refractivity contribution in [1.82, 2.24) is 0 Å². The molecule has 0 saturated carbocycles. The minimum atomic E-state index is -0.163. The molecule has 4 heteroatoms. The van der Waals surface area contributed by atoms with Gasteiger partial charge in [-0.3, -0.25) is 0 Å². The molecule has 0 saturated heterocycles. The highest BCUT2D eigenvalue weighted by Crippen LogP contribution is 2.36. The summed E-state index contributed by atoms with van der Waals surface area (Å²) < 4.78 is 0. The van der Waals surface area contributed by atoms with Gasteiger partial charge in [-0.1, -0.05) is 48.7 Å². The summed E-state index contributed by atoms with van der Waals surface area (Å²) in [5, 5.41) is 1.55. The molecule has 0 aliphatic rings. The molecule has 15 heavy (non-hydrogen) atoms. The van der Waals surface area contributed by atoms with Crippen LogP contribution in [0.5, 0.6) is 0 Å². The van der Waals surface area contributed by atoms with Crippen LogP contribution in [-0.2, 0) is 0 Å². The molecule has 2 N–H and O–H groups in total. The largest absolute Gasteiger partial charge is 0.324 e. The van der Waals surface area contributed by atoms with Gasteiger partial charge in [0.2, 0.25) is 0 Å². The highest BCUT2D eigenvalue weighted by molar-refractivity contribution is 6.44. The minimum Gasteiger partial charge on any atom is -0.324 e. The summed E-state index contributed by atoms with van der Waals surface area (Å²) in [6, 6.07) is 3.24. The Morgan fingerprint density at radius 1 is 1.13 bits per heavy atom. The molecule has 0 aromatic heterocycles. The van der Waals surface area contributed by atoms with Crippen molar-refractivity contribution in [3.8, 4) is 0 Å². The van der Waals surface area contributed by atoms with Crippen molar-refractivity contribution in [2.24, 2.45) is 11.7 Å². The molecule has 0 spiro atoms. The average molecular weight is 267 g/mol. The summed E-state index contributed by atoms with van der Waals surface area (Å²) in [6.45, 7) is 4.21. The van der Waals surface area contributed by atoms with Crippen LogP contribution in [0.15, 0.2) is 12.1 Å². The van der Waals surface area contributed by atoms with Gasteiger partial charge in [0.15, 0.2) is 0 Å². The Hall–Kier alpha value is 0.0500. The lowest BCUT2D eigenvalue weighted by Gasteiger charge is -2.17. The smallest absolute Gasteiger partial charge is 0.0654 e. The monoisotopic (exact) mass is 265 g/mol. The van der Waals surface area contributed by atoms with Crippen LogP contribution in [0, 0.1) is 5.92 Å². The fourth-order valence-corrected chi connectivity index (χ4v) is 2.32. The first-order valence-electron chi connectivity index (χ1n) is 4.82. The van der Waals surface area contributed by atoms with Crippen LogP contribution in [0.1, 0.15) is 31.9 Å². The predicted octanol–water partition coefficient (Wildman–Crippen LogP) is 4.69. The van der Waals surface area contributed by atoms with Gasteiger partial charge in [0.25, 0.3) is 0 Å². The Kier molecular flexibility index (Phi) is 4.72. The lowest BCUT2D eigenvalue weighted by atomic mass is 9.98. The van der Waals surface area contributed by atoms with E-state index in [0.29, 0.717) is 21.0 Å². The summed E-state index contributed by atoms with van der Waals surface area (Å²) in [4.78, 5) is 0. The Morgan fingerprint density at radius 2 is 1.67 bits per heavy atom. The highest BCUT2D eigenvalue weighted by atomic mass is 35.5. The number of benzene rings is 1. The summed E-state index contributed by atoms with van der Waals surface area (Å²) in [6.07, 6.45) is 0.833. The van der Waals surface area contributed by atoms with E-state index in [1.807, 2.05) is 0 Å². The van der Waals surface area contributed by atoms with Crippen LogP contribution in [0.25, 0.3) is 0 Å². The zero-order valence-electron chi connectivity index (χ0n) is 8.73. The van der Waals surface area contributed by atoms with Gasteiger partial charge in [-0.25, -0.2) is 0 Å². The van der Waals surface area contributed by atoms with E-state index in [-0.39, 0.29) is 6.04 Å². The molecule has 84 valence electrons. The Bertz CT molecular complexity index is 350. The van der Waals surface area contributed by atoms with Gasteiger partial charge < -0.3 is 5.73 Å². The third-order valence-corrected chi connectivity index (χ3v) is 3.32. The van der Waals surface area contributed by atoms with Crippen molar-refractivity contribution in [2.45, 2.75) is 26.3 Å². The molecular weight excluding hydrogens is 252 g/mol. The molecule has 0 bridgehead atoms. The van der Waals surface area contributed by atoms with Crippen LogP contribution in [0.2, 0.25) is 15.1 Å². The quantitative estimate of drug-likeness (QED) is 0.789. The van der Waals surface area contributed by atoms with Crippen molar-refractivity contribution >= 4 is 34.8 Å². The van der Waals surface area contributed by atoms with E-state index >= 15 is 0 Å². The van der Waals surface area contributed by atoms with E-state index in [4.69, 9.17) is 40.5 Å². The average Bonchev–Trinajstić information content (AvgIpc) is 2.11. The molecule has 0 aliphatic carbocycles. The van der Waals surface area contributed by atoms with Crippen LogP contribution in [0.4, 0.5) is 0 Å². The van der Waals surface area contributed by atoms with E-state index in [1.165, 1.54) is 0 Å². The van der Waals surface area contributed by atoms with Gasteiger partial charge in [-0.2, -0.15) is 0 Å². The molecule has 0 amide bonds. The summed E-state index contributed by atoms with van der Waals surface area (Å²) in [7, 11) is 0. The van der Waals surface area contributed by atoms with Crippen LogP contribution in [-0.4, -0.2) is 0 Å². The lowest BCUT2D eigenvalue weighted by Crippen LogP contribution is -2.14. The molecule has 1 atom stereocenters. The standard InChI is InChI=1S/C11H14Cl3N/c1-6(2)5-9(15)10-7(12)3-4-8(13)11(10)14/h3-4,6,9H,5,15H2,1-2H3/t9-/m0/s1. The van der Waals surface area contributed by atoms with E-state index < -0.39 is 0 Å². The number of halogens is 3. The molecule has 1 rings (SSSR count). The van der Waals surface area contributed by atoms with Gasteiger partial charge in [-0.15, -0.1) is 0 Å². The van der Waals surface area contributed by atoms with Crippen molar-refractivity contribution in [1.29, 1.82) is 0 Å². The maximum absolute atomic E-state index is 6.08. The van der Waals surface area contributed by atoms with Crippen LogP contribution < -0.4 is 5.73 Å². The van der Waals surface area contributed by atoms with Gasteiger partial charge >= 0.3 is 0 Å². The van der Waals surface area contributed by atoms with Crippen LogP contribution >= 0.6 is 34.8 Å². The molecular formula is C11H14Cl3N. The lowest BCUT2D eigenvalue weighted by molar-refractivity contribution is 0.510. The SMILES string of the molecule is CC(C)C[C@H](N)c1c(Cl)ccc(Cl)c1Cl. The second kappa shape index (κ2) is 5.40.